The van der Waals surface area contributed by atoms with Crippen molar-refractivity contribution >= 4 is 0 Å². The molecule has 1 aliphatic rings. The first kappa shape index (κ1) is 11.2. The molecule has 4 heteroatoms. The summed E-state index contributed by atoms with van der Waals surface area (Å²) >= 11 is 0. The molecule has 0 atom stereocenters. The van der Waals surface area contributed by atoms with Gasteiger partial charge in [-0.2, -0.15) is 0 Å². The molecule has 1 fully saturated rings. The van der Waals surface area contributed by atoms with Crippen molar-refractivity contribution in [3.63, 3.8) is 0 Å². The number of hydrogen-bond acceptors (Lipinski definition) is 4. The van der Waals surface area contributed by atoms with E-state index < -0.39 is 0 Å². The standard InChI is InChI=1S/C12H18N2O2/c1-15-11-4-3-9(5-12(11)16-2)6-14-7-10(13)8-14/h3-5,10H,6-8,13H2,1-2H3. The Bertz CT molecular complexity index is 362. The predicted octanol–water partition coefficient (Wildman–Crippen LogP) is 0.847. The molecule has 0 radical (unpaired) electrons. The normalized spacial score (nSPS) is 16.9. The van der Waals surface area contributed by atoms with Gasteiger partial charge >= 0.3 is 0 Å². The molecule has 0 bridgehead atoms. The van der Waals surface area contributed by atoms with E-state index in [9.17, 15) is 0 Å². The van der Waals surface area contributed by atoms with Gasteiger partial charge in [0.1, 0.15) is 0 Å². The lowest BCUT2D eigenvalue weighted by atomic mass is 10.1. The van der Waals surface area contributed by atoms with Crippen molar-refractivity contribution in [2.75, 3.05) is 27.3 Å². The Morgan fingerprint density at radius 2 is 1.94 bits per heavy atom. The summed E-state index contributed by atoms with van der Waals surface area (Å²) in [6.45, 7) is 2.89. The molecule has 0 unspecified atom stereocenters. The first-order chi connectivity index (χ1) is 7.72. The number of methoxy groups -OCH3 is 2. The lowest BCUT2D eigenvalue weighted by Gasteiger charge is -2.36. The maximum absolute atomic E-state index is 5.74. The van der Waals surface area contributed by atoms with Crippen LogP contribution in [-0.4, -0.2) is 38.3 Å². The van der Waals surface area contributed by atoms with E-state index >= 15 is 0 Å². The van der Waals surface area contributed by atoms with E-state index in [0.29, 0.717) is 6.04 Å². The first-order valence-electron chi connectivity index (χ1n) is 5.41. The summed E-state index contributed by atoms with van der Waals surface area (Å²) in [6.07, 6.45) is 0. The number of likely N-dealkylation sites (tertiary alicyclic amines) is 1. The number of nitrogens with two attached hydrogens (primary N) is 1. The summed E-state index contributed by atoms with van der Waals surface area (Å²) in [5.74, 6) is 1.55. The molecule has 1 heterocycles. The lowest BCUT2D eigenvalue weighted by molar-refractivity contribution is 0.142. The summed E-state index contributed by atoms with van der Waals surface area (Å²) in [5, 5.41) is 0. The fraction of sp³-hybridized carbons (Fsp3) is 0.500. The van der Waals surface area contributed by atoms with Crippen LogP contribution in [0.2, 0.25) is 0 Å². The van der Waals surface area contributed by atoms with E-state index in [4.69, 9.17) is 15.2 Å². The zero-order chi connectivity index (χ0) is 11.5. The lowest BCUT2D eigenvalue weighted by Crippen LogP contribution is -2.54. The van der Waals surface area contributed by atoms with Crippen LogP contribution in [-0.2, 0) is 6.54 Å². The maximum atomic E-state index is 5.74. The summed E-state index contributed by atoms with van der Waals surface area (Å²) in [7, 11) is 3.30. The van der Waals surface area contributed by atoms with Gasteiger partial charge in [0.15, 0.2) is 11.5 Å². The topological polar surface area (TPSA) is 47.7 Å². The number of benzene rings is 1. The highest BCUT2D eigenvalue weighted by Crippen LogP contribution is 2.28. The average molecular weight is 222 g/mol. The molecule has 4 nitrogen and oxygen atoms in total. The van der Waals surface area contributed by atoms with Gasteiger partial charge in [0.05, 0.1) is 14.2 Å². The van der Waals surface area contributed by atoms with Gasteiger partial charge in [0.25, 0.3) is 0 Å². The second-order valence-electron chi connectivity index (χ2n) is 4.14. The first-order valence-corrected chi connectivity index (χ1v) is 5.41. The van der Waals surface area contributed by atoms with Crippen LogP contribution in [0.3, 0.4) is 0 Å². The summed E-state index contributed by atoms with van der Waals surface area (Å²) < 4.78 is 10.5. The number of hydrogen-bond donors (Lipinski definition) is 1. The summed E-state index contributed by atoms with van der Waals surface area (Å²) in [6, 6.07) is 6.36. The Hall–Kier alpha value is -1.26. The third-order valence-electron chi connectivity index (χ3n) is 2.84. The van der Waals surface area contributed by atoms with Gasteiger partial charge in [0.2, 0.25) is 0 Å². The second-order valence-corrected chi connectivity index (χ2v) is 4.14. The molecule has 0 aliphatic carbocycles. The molecule has 1 aliphatic heterocycles. The van der Waals surface area contributed by atoms with Gasteiger partial charge in [-0.3, -0.25) is 4.90 Å². The Morgan fingerprint density at radius 3 is 2.50 bits per heavy atom. The fourth-order valence-electron chi connectivity index (χ4n) is 1.98. The highest BCUT2D eigenvalue weighted by Gasteiger charge is 2.22. The molecule has 0 spiro atoms. The smallest absolute Gasteiger partial charge is 0.161 e. The molecule has 88 valence electrons. The van der Waals surface area contributed by atoms with Crippen molar-refractivity contribution in [3.8, 4) is 11.5 Å². The monoisotopic (exact) mass is 222 g/mol. The van der Waals surface area contributed by atoms with Crippen LogP contribution in [0.4, 0.5) is 0 Å². The molecule has 0 saturated carbocycles. The van der Waals surface area contributed by atoms with Crippen LogP contribution in [0.1, 0.15) is 5.56 Å². The summed E-state index contributed by atoms with van der Waals surface area (Å²) in [5.41, 5.74) is 6.96. The Labute approximate surface area is 95.9 Å². The minimum absolute atomic E-state index is 0.347. The third-order valence-corrected chi connectivity index (χ3v) is 2.84. The molecule has 1 aromatic rings. The highest BCUT2D eigenvalue weighted by atomic mass is 16.5. The maximum Gasteiger partial charge on any atom is 0.161 e. The van der Waals surface area contributed by atoms with Crippen molar-refractivity contribution < 1.29 is 9.47 Å². The van der Waals surface area contributed by atoms with Crippen molar-refractivity contribution in [2.45, 2.75) is 12.6 Å². The molecule has 2 N–H and O–H groups in total. The SMILES string of the molecule is COc1ccc(CN2CC(N)C2)cc1OC. The van der Waals surface area contributed by atoms with Crippen LogP contribution < -0.4 is 15.2 Å². The van der Waals surface area contributed by atoms with E-state index in [0.717, 1.165) is 31.1 Å². The number of rotatable bonds is 4. The molecular formula is C12H18N2O2. The number of nitrogens with zero attached hydrogens (tertiary/aromatic N) is 1. The van der Waals surface area contributed by atoms with Crippen LogP contribution in [0, 0.1) is 0 Å². The van der Waals surface area contributed by atoms with Crippen molar-refractivity contribution in [3.05, 3.63) is 23.8 Å². The minimum atomic E-state index is 0.347. The summed E-state index contributed by atoms with van der Waals surface area (Å²) in [4.78, 5) is 2.31. The molecule has 0 amide bonds. The van der Waals surface area contributed by atoms with Gasteiger partial charge in [-0.05, 0) is 17.7 Å². The van der Waals surface area contributed by atoms with Gasteiger partial charge in [0, 0.05) is 25.7 Å². The quantitative estimate of drug-likeness (QED) is 0.820. The van der Waals surface area contributed by atoms with Crippen molar-refractivity contribution in [1.82, 2.24) is 4.90 Å². The highest BCUT2D eigenvalue weighted by molar-refractivity contribution is 5.42. The van der Waals surface area contributed by atoms with E-state index in [-0.39, 0.29) is 0 Å². The minimum Gasteiger partial charge on any atom is -0.493 e. The second kappa shape index (κ2) is 4.72. The fourth-order valence-corrected chi connectivity index (χ4v) is 1.98. The number of ether oxygens (including phenoxy) is 2. The Morgan fingerprint density at radius 1 is 1.25 bits per heavy atom. The van der Waals surface area contributed by atoms with E-state index in [1.54, 1.807) is 14.2 Å². The van der Waals surface area contributed by atoms with Gasteiger partial charge in [-0.15, -0.1) is 0 Å². The zero-order valence-electron chi connectivity index (χ0n) is 9.77. The zero-order valence-corrected chi connectivity index (χ0v) is 9.77. The Balaban J connectivity index is 2.04. The molecule has 2 rings (SSSR count). The van der Waals surface area contributed by atoms with Crippen molar-refractivity contribution in [2.24, 2.45) is 5.73 Å². The largest absolute Gasteiger partial charge is 0.493 e. The molecule has 16 heavy (non-hydrogen) atoms. The molecular weight excluding hydrogens is 204 g/mol. The third kappa shape index (κ3) is 2.28. The van der Waals surface area contributed by atoms with Crippen LogP contribution in [0.15, 0.2) is 18.2 Å². The van der Waals surface area contributed by atoms with E-state index in [1.807, 2.05) is 12.1 Å². The van der Waals surface area contributed by atoms with E-state index in [2.05, 4.69) is 11.0 Å². The molecule has 1 saturated heterocycles. The van der Waals surface area contributed by atoms with Crippen molar-refractivity contribution in [1.29, 1.82) is 0 Å². The van der Waals surface area contributed by atoms with Gasteiger partial charge < -0.3 is 15.2 Å². The average Bonchev–Trinajstić information content (AvgIpc) is 2.27. The van der Waals surface area contributed by atoms with E-state index in [1.165, 1.54) is 5.56 Å². The van der Waals surface area contributed by atoms with Crippen LogP contribution in [0.25, 0.3) is 0 Å². The Kier molecular flexibility index (Phi) is 3.31. The van der Waals surface area contributed by atoms with Crippen LogP contribution >= 0.6 is 0 Å². The predicted molar refractivity (Wildman–Crippen MR) is 62.8 cm³/mol. The van der Waals surface area contributed by atoms with Gasteiger partial charge in [-0.25, -0.2) is 0 Å². The molecule has 1 aromatic carbocycles. The van der Waals surface area contributed by atoms with Crippen LogP contribution in [0.5, 0.6) is 11.5 Å². The van der Waals surface area contributed by atoms with Gasteiger partial charge in [-0.1, -0.05) is 6.07 Å². The molecule has 0 aromatic heterocycles.